The largest absolute Gasteiger partial charge is 0.423 e. The molecule has 2 aromatic carbocycles. The fraction of sp³-hybridized carbons (Fsp3) is 0.269. The maximum Gasteiger partial charge on any atom is 0.338 e. The molecule has 0 aliphatic carbocycles. The summed E-state index contributed by atoms with van der Waals surface area (Å²) in [5, 5.41) is 0. The molecule has 7 nitrogen and oxygen atoms in total. The van der Waals surface area contributed by atoms with Crippen LogP contribution >= 0.6 is 0 Å². The zero-order chi connectivity index (χ0) is 24.6. The number of benzene rings is 2. The van der Waals surface area contributed by atoms with Crippen molar-refractivity contribution in [2.75, 3.05) is 13.2 Å². The molecule has 2 aromatic rings. The number of carbonyl (C=O) groups is 3. The Hall–Kier alpha value is -3.55. The first-order valence-electron chi connectivity index (χ1n) is 10.4. The third-order valence-corrected chi connectivity index (χ3v) is 4.46. The number of ether oxygens (including phenoxy) is 4. The lowest BCUT2D eigenvalue weighted by molar-refractivity contribution is -0.204. The molecule has 0 radical (unpaired) electrons. The summed E-state index contributed by atoms with van der Waals surface area (Å²) in [5.41, 5.74) is 1.26. The van der Waals surface area contributed by atoms with Crippen LogP contribution in [-0.2, 0) is 24.8 Å². The van der Waals surface area contributed by atoms with Gasteiger partial charge in [0.15, 0.2) is 0 Å². The first kappa shape index (κ1) is 25.7. The van der Waals surface area contributed by atoms with Crippen molar-refractivity contribution in [1.82, 2.24) is 0 Å². The van der Waals surface area contributed by atoms with Gasteiger partial charge in [0.2, 0.25) is 5.78 Å². The maximum atomic E-state index is 13.6. The van der Waals surface area contributed by atoms with Gasteiger partial charge in [0.05, 0.1) is 0 Å². The number of Topliss-reactive ketones (excluding diaryl/α,β-unsaturated/α-hetero) is 1. The van der Waals surface area contributed by atoms with Gasteiger partial charge in [-0.3, -0.25) is 4.79 Å². The molecular weight excluding hydrogens is 424 g/mol. The minimum absolute atomic E-state index is 0.201. The van der Waals surface area contributed by atoms with Crippen LogP contribution in [0.25, 0.3) is 0 Å². The highest BCUT2D eigenvalue weighted by Crippen LogP contribution is 2.33. The van der Waals surface area contributed by atoms with Crippen LogP contribution in [0.15, 0.2) is 72.8 Å². The summed E-state index contributed by atoms with van der Waals surface area (Å²) in [7, 11) is 0. The van der Waals surface area contributed by atoms with Crippen LogP contribution in [0.2, 0.25) is 0 Å². The van der Waals surface area contributed by atoms with E-state index in [1.165, 1.54) is 24.3 Å². The molecule has 0 atom stereocenters. The van der Waals surface area contributed by atoms with Gasteiger partial charge in [-0.05, 0) is 76.2 Å². The fourth-order valence-electron chi connectivity index (χ4n) is 2.87. The molecule has 0 fully saturated rings. The molecule has 0 heterocycles. The smallest absolute Gasteiger partial charge is 0.338 e. The summed E-state index contributed by atoms with van der Waals surface area (Å²) >= 11 is 0. The van der Waals surface area contributed by atoms with Crippen LogP contribution in [0.5, 0.6) is 11.5 Å². The Morgan fingerprint density at radius 2 is 1.12 bits per heavy atom. The molecule has 0 saturated carbocycles. The van der Waals surface area contributed by atoms with Crippen molar-refractivity contribution < 1.29 is 33.3 Å². The number of hydrogen-bond donors (Lipinski definition) is 0. The van der Waals surface area contributed by atoms with E-state index in [1.54, 1.807) is 52.0 Å². The average Bonchev–Trinajstić information content (AvgIpc) is 2.79. The molecule has 0 amide bonds. The van der Waals surface area contributed by atoms with Crippen molar-refractivity contribution in [2.45, 2.75) is 33.5 Å². The average molecular weight is 453 g/mol. The molecule has 0 N–H and O–H groups in total. The van der Waals surface area contributed by atoms with Crippen molar-refractivity contribution in [3.05, 3.63) is 84.0 Å². The second kappa shape index (κ2) is 11.4. The van der Waals surface area contributed by atoms with Crippen LogP contribution < -0.4 is 9.47 Å². The Morgan fingerprint density at radius 1 is 0.727 bits per heavy atom. The minimum atomic E-state index is -1.71. The minimum Gasteiger partial charge on any atom is -0.423 e. The standard InChI is InChI=1S/C26H28O7/c1-7-30-26(31-8-2,20-11-15-22(16-12-20)33-25(29)18(5)6)23(27)19-9-13-21(14-10-19)32-24(28)17(3)4/h9-16H,3,5,7-8H2,1-2,4,6H3. The summed E-state index contributed by atoms with van der Waals surface area (Å²) in [6.45, 7) is 14.1. The van der Waals surface area contributed by atoms with Crippen LogP contribution in [-0.4, -0.2) is 30.9 Å². The van der Waals surface area contributed by atoms with Gasteiger partial charge >= 0.3 is 11.9 Å². The zero-order valence-corrected chi connectivity index (χ0v) is 19.3. The van der Waals surface area contributed by atoms with E-state index in [2.05, 4.69) is 13.2 Å². The first-order valence-corrected chi connectivity index (χ1v) is 10.4. The van der Waals surface area contributed by atoms with E-state index < -0.39 is 23.5 Å². The molecule has 0 aliphatic heterocycles. The molecule has 0 saturated heterocycles. The molecule has 0 aliphatic rings. The molecule has 0 aromatic heterocycles. The van der Waals surface area contributed by atoms with Gasteiger partial charge in [-0.15, -0.1) is 0 Å². The number of ketones is 1. The summed E-state index contributed by atoms with van der Waals surface area (Å²) in [4.78, 5) is 37.0. The predicted octanol–water partition coefficient (Wildman–Crippen LogP) is 4.76. The van der Waals surface area contributed by atoms with Crippen molar-refractivity contribution in [1.29, 1.82) is 0 Å². The Morgan fingerprint density at radius 3 is 1.48 bits per heavy atom. The molecule has 33 heavy (non-hydrogen) atoms. The molecule has 2 rings (SSSR count). The molecular formula is C26H28O7. The van der Waals surface area contributed by atoms with E-state index in [0.717, 1.165) is 0 Å². The van der Waals surface area contributed by atoms with E-state index in [1.807, 2.05) is 0 Å². The van der Waals surface area contributed by atoms with E-state index in [4.69, 9.17) is 18.9 Å². The van der Waals surface area contributed by atoms with E-state index in [-0.39, 0.29) is 30.1 Å². The monoisotopic (exact) mass is 452 g/mol. The van der Waals surface area contributed by atoms with Gasteiger partial charge in [0, 0.05) is 35.5 Å². The van der Waals surface area contributed by atoms with Crippen molar-refractivity contribution in [2.24, 2.45) is 0 Å². The summed E-state index contributed by atoms with van der Waals surface area (Å²) in [6.07, 6.45) is 0. The SMILES string of the molecule is C=C(C)C(=O)Oc1ccc(C(=O)C(OCC)(OCC)c2ccc(OC(=O)C(=C)C)cc2)cc1. The second-order valence-corrected chi connectivity index (χ2v) is 7.20. The van der Waals surface area contributed by atoms with Gasteiger partial charge < -0.3 is 18.9 Å². The molecule has 0 spiro atoms. The van der Waals surface area contributed by atoms with E-state index in [9.17, 15) is 14.4 Å². The van der Waals surface area contributed by atoms with E-state index >= 15 is 0 Å². The van der Waals surface area contributed by atoms with Gasteiger partial charge in [-0.1, -0.05) is 13.2 Å². The fourth-order valence-corrected chi connectivity index (χ4v) is 2.87. The number of rotatable bonds is 11. The van der Waals surface area contributed by atoms with Gasteiger partial charge in [-0.2, -0.15) is 0 Å². The summed E-state index contributed by atoms with van der Waals surface area (Å²) in [5.74, 6) is -2.68. The third kappa shape index (κ3) is 6.25. The molecule has 0 unspecified atom stereocenters. The van der Waals surface area contributed by atoms with Crippen molar-refractivity contribution >= 4 is 17.7 Å². The van der Waals surface area contributed by atoms with Gasteiger partial charge in [0.1, 0.15) is 11.5 Å². The highest BCUT2D eigenvalue weighted by molar-refractivity contribution is 6.02. The highest BCUT2D eigenvalue weighted by Gasteiger charge is 2.43. The van der Waals surface area contributed by atoms with Gasteiger partial charge in [0.25, 0.3) is 5.79 Å². The Labute approximate surface area is 193 Å². The lowest BCUT2D eigenvalue weighted by atomic mass is 9.95. The summed E-state index contributed by atoms with van der Waals surface area (Å²) < 4.78 is 22.1. The van der Waals surface area contributed by atoms with Crippen LogP contribution in [0.1, 0.15) is 43.6 Å². The second-order valence-electron chi connectivity index (χ2n) is 7.20. The molecule has 174 valence electrons. The van der Waals surface area contributed by atoms with Crippen molar-refractivity contribution in [3.63, 3.8) is 0 Å². The number of esters is 2. The van der Waals surface area contributed by atoms with Crippen LogP contribution in [0.3, 0.4) is 0 Å². The molecule has 7 heteroatoms. The quantitative estimate of drug-likeness (QED) is 0.160. The van der Waals surface area contributed by atoms with E-state index in [0.29, 0.717) is 16.9 Å². The van der Waals surface area contributed by atoms with Crippen LogP contribution in [0, 0.1) is 0 Å². The first-order chi connectivity index (χ1) is 15.6. The number of hydrogen-bond acceptors (Lipinski definition) is 7. The highest BCUT2D eigenvalue weighted by atomic mass is 16.7. The number of carbonyl (C=O) groups excluding carboxylic acids is 3. The topological polar surface area (TPSA) is 88.1 Å². The Bertz CT molecular complexity index is 1030. The lowest BCUT2D eigenvalue weighted by Gasteiger charge is -2.32. The predicted molar refractivity (Wildman–Crippen MR) is 123 cm³/mol. The zero-order valence-electron chi connectivity index (χ0n) is 19.3. The Kier molecular flexibility index (Phi) is 8.85. The third-order valence-electron chi connectivity index (χ3n) is 4.46. The summed E-state index contributed by atoms with van der Waals surface area (Å²) in [6, 6.07) is 12.4. The van der Waals surface area contributed by atoms with Crippen molar-refractivity contribution in [3.8, 4) is 11.5 Å². The molecule has 0 bridgehead atoms. The van der Waals surface area contributed by atoms with Gasteiger partial charge in [-0.25, -0.2) is 9.59 Å². The normalized spacial score (nSPS) is 10.9. The lowest BCUT2D eigenvalue weighted by Crippen LogP contribution is -2.42. The van der Waals surface area contributed by atoms with Crippen LogP contribution in [0.4, 0.5) is 0 Å². The maximum absolute atomic E-state index is 13.6. The Balaban J connectivity index is 2.39.